The number of nitro benzene ring substituents is 1. The molecule has 0 aliphatic carbocycles. The van der Waals surface area contributed by atoms with Crippen LogP contribution in [0.1, 0.15) is 35.3 Å². The van der Waals surface area contributed by atoms with Crippen molar-refractivity contribution in [2.24, 2.45) is 5.92 Å². The monoisotopic (exact) mass is 670 g/mol. The molecule has 2 atom stereocenters. The van der Waals surface area contributed by atoms with E-state index in [1.807, 2.05) is 32.0 Å². The summed E-state index contributed by atoms with van der Waals surface area (Å²) in [6.07, 6.45) is -1.21. The number of hydrogen-bond donors (Lipinski definition) is 3. The summed E-state index contributed by atoms with van der Waals surface area (Å²) in [6.45, 7) is 4.83. The standard InChI is InChI=1S/C29H31AsN4O8S/c1-17(2)15-33(43(40,41)20-9-11-22-26(14-20)42-29(30)32-22)16-25(35)23(13-19-7-5-4-6-8-19)31-28(37)21-10-12-24(34(38)39)27(36)18(21)3/h4-12,14,17,23,25,35-36H,13,15-16H2,1-3H3,(H,31,37). The summed E-state index contributed by atoms with van der Waals surface area (Å²) in [7, 11) is -4.11. The molecule has 3 aromatic carbocycles. The minimum absolute atomic E-state index is 0.000470. The Morgan fingerprint density at radius 3 is 2.49 bits per heavy atom. The van der Waals surface area contributed by atoms with E-state index in [2.05, 4.69) is 27.2 Å². The van der Waals surface area contributed by atoms with Crippen molar-refractivity contribution in [1.82, 2.24) is 14.6 Å². The zero-order valence-corrected chi connectivity index (χ0v) is 26.4. The third kappa shape index (κ3) is 7.42. The van der Waals surface area contributed by atoms with E-state index in [1.165, 1.54) is 29.4 Å². The molecule has 1 heterocycles. The SMILES string of the molecule is Cc1c(C(=O)NC(Cc2ccccc2)C(O)CN(CC(C)C)S(=O)(=O)c2ccc3nc([As])oc3c2)ccc([N+](=O)[O-])c1O. The molecule has 14 heteroatoms. The number of aromatic nitrogens is 1. The molecule has 226 valence electrons. The molecule has 0 saturated carbocycles. The number of phenolic OH excluding ortho intramolecular Hbond substituents is 1. The first-order valence-corrected chi connectivity index (χ1v) is 15.7. The van der Waals surface area contributed by atoms with Gasteiger partial charge >= 0.3 is 167 Å². The molecule has 2 radical (unpaired) electrons. The largest absolute Gasteiger partial charge is 0.502 e. The van der Waals surface area contributed by atoms with Crippen LogP contribution in [0.3, 0.4) is 0 Å². The summed E-state index contributed by atoms with van der Waals surface area (Å²) < 4.78 is 34.7. The van der Waals surface area contributed by atoms with Crippen molar-refractivity contribution in [2.45, 2.75) is 44.2 Å². The Bertz CT molecular complexity index is 1740. The number of rotatable bonds is 12. The minimum Gasteiger partial charge on any atom is -0.502 e. The molecular weight excluding hydrogens is 639 g/mol. The van der Waals surface area contributed by atoms with Crippen LogP contribution < -0.4 is 10.00 Å². The van der Waals surface area contributed by atoms with Gasteiger partial charge in [-0.2, -0.15) is 0 Å². The number of nitrogens with zero attached hydrogens (tertiary/aromatic N) is 3. The van der Waals surface area contributed by atoms with Crippen LogP contribution >= 0.6 is 0 Å². The molecule has 0 aliphatic heterocycles. The Hall–Kier alpha value is -3.77. The summed E-state index contributed by atoms with van der Waals surface area (Å²) in [6, 6.07) is 14.7. The summed E-state index contributed by atoms with van der Waals surface area (Å²) in [5.74, 6) is -1.42. The van der Waals surface area contributed by atoms with Gasteiger partial charge in [0.1, 0.15) is 0 Å². The van der Waals surface area contributed by atoms with Gasteiger partial charge in [0, 0.05) is 17.2 Å². The van der Waals surface area contributed by atoms with Crippen LogP contribution in [0.5, 0.6) is 5.75 Å². The van der Waals surface area contributed by atoms with E-state index >= 15 is 0 Å². The maximum absolute atomic E-state index is 13.8. The quantitative estimate of drug-likeness (QED) is 0.116. The maximum Gasteiger partial charge on any atom is 0.311 e. The number of fused-ring (bicyclic) bond motifs is 1. The number of nitrogens with one attached hydrogen (secondary N) is 1. The number of phenols is 1. The van der Waals surface area contributed by atoms with Gasteiger partial charge in [0.25, 0.3) is 0 Å². The van der Waals surface area contributed by atoms with Gasteiger partial charge in [-0.15, -0.1) is 0 Å². The van der Waals surface area contributed by atoms with Gasteiger partial charge in [-0.25, -0.2) is 0 Å². The van der Waals surface area contributed by atoms with Crippen molar-refractivity contribution in [3.8, 4) is 5.75 Å². The molecule has 4 aromatic rings. The van der Waals surface area contributed by atoms with Gasteiger partial charge in [0.05, 0.1) is 4.92 Å². The fraction of sp³-hybridized carbons (Fsp3) is 0.310. The van der Waals surface area contributed by atoms with Gasteiger partial charge in [-0.1, -0.05) is 30.3 Å². The van der Waals surface area contributed by atoms with Crippen LogP contribution in [0.25, 0.3) is 11.1 Å². The molecule has 0 saturated heterocycles. The first kappa shape index (κ1) is 32.1. The Labute approximate surface area is 257 Å². The predicted octanol–water partition coefficient (Wildman–Crippen LogP) is 2.59. The Morgan fingerprint density at radius 1 is 1.14 bits per heavy atom. The Kier molecular flexibility index (Phi) is 9.91. The second-order valence-corrected chi connectivity index (χ2v) is 13.3. The molecule has 43 heavy (non-hydrogen) atoms. The fourth-order valence-electron chi connectivity index (χ4n) is 4.69. The molecule has 0 aliphatic rings. The van der Waals surface area contributed by atoms with Crippen LogP contribution in [0, 0.1) is 23.0 Å². The maximum atomic E-state index is 13.8. The number of amides is 1. The van der Waals surface area contributed by atoms with E-state index in [0.717, 1.165) is 11.6 Å². The summed E-state index contributed by atoms with van der Waals surface area (Å²) in [5.41, 5.74) is 1.02. The topological polar surface area (TPSA) is 176 Å². The third-order valence-corrected chi connectivity index (χ3v) is 9.11. The number of benzene rings is 3. The predicted molar refractivity (Wildman–Crippen MR) is 160 cm³/mol. The molecule has 2 unspecified atom stereocenters. The van der Waals surface area contributed by atoms with Crippen molar-refractivity contribution in [3.63, 3.8) is 0 Å². The van der Waals surface area contributed by atoms with E-state index in [1.54, 1.807) is 18.2 Å². The summed E-state index contributed by atoms with van der Waals surface area (Å²) >= 11 is 2.16. The second-order valence-electron chi connectivity index (χ2n) is 10.5. The molecule has 0 fully saturated rings. The Balaban J connectivity index is 1.65. The second kappa shape index (κ2) is 13.3. The van der Waals surface area contributed by atoms with E-state index in [-0.39, 0.29) is 41.5 Å². The van der Waals surface area contributed by atoms with Gasteiger partial charge in [0.15, 0.2) is 5.75 Å². The number of carbonyl (C=O) groups excluding carboxylic acids is 1. The molecule has 0 bridgehead atoms. The van der Waals surface area contributed by atoms with E-state index < -0.39 is 44.4 Å². The van der Waals surface area contributed by atoms with Crippen LogP contribution in [-0.4, -0.2) is 80.8 Å². The molecule has 3 N–H and O–H groups in total. The van der Waals surface area contributed by atoms with Crippen LogP contribution in [0.4, 0.5) is 5.69 Å². The molecule has 1 amide bonds. The van der Waals surface area contributed by atoms with Crippen LogP contribution in [-0.2, 0) is 16.4 Å². The summed E-state index contributed by atoms with van der Waals surface area (Å²) in [5, 5.41) is 35.7. The number of aliphatic hydroxyl groups excluding tert-OH is 1. The van der Waals surface area contributed by atoms with Crippen LogP contribution in [0.15, 0.2) is 70.0 Å². The number of aliphatic hydroxyl groups is 1. The van der Waals surface area contributed by atoms with Crippen LogP contribution in [0.2, 0.25) is 0 Å². The third-order valence-electron chi connectivity index (χ3n) is 6.88. The van der Waals surface area contributed by atoms with Gasteiger partial charge in [-0.3, -0.25) is 14.9 Å². The molecule has 1 aromatic heterocycles. The number of aromatic hydroxyl groups is 1. The zero-order valence-electron chi connectivity index (χ0n) is 23.7. The van der Waals surface area contributed by atoms with E-state index in [0.29, 0.717) is 15.8 Å². The summed E-state index contributed by atoms with van der Waals surface area (Å²) in [4.78, 5) is 28.0. The van der Waals surface area contributed by atoms with Crippen molar-refractivity contribution in [1.29, 1.82) is 0 Å². The number of hydrogen-bond acceptors (Lipinski definition) is 9. The van der Waals surface area contributed by atoms with Gasteiger partial charge in [-0.05, 0) is 13.0 Å². The number of oxazole rings is 1. The number of carbonyl (C=O) groups is 1. The van der Waals surface area contributed by atoms with Crippen molar-refractivity contribution >= 4 is 54.2 Å². The molecule has 12 nitrogen and oxygen atoms in total. The number of nitro groups is 1. The van der Waals surface area contributed by atoms with Crippen molar-refractivity contribution < 1.29 is 32.8 Å². The Morgan fingerprint density at radius 2 is 1.84 bits per heavy atom. The van der Waals surface area contributed by atoms with Crippen molar-refractivity contribution in [2.75, 3.05) is 13.1 Å². The van der Waals surface area contributed by atoms with E-state index in [4.69, 9.17) is 4.42 Å². The average Bonchev–Trinajstić information content (AvgIpc) is 3.33. The number of sulfonamides is 1. The average molecular weight is 671 g/mol. The normalized spacial score (nSPS) is 13.4. The van der Waals surface area contributed by atoms with Crippen molar-refractivity contribution in [3.05, 3.63) is 87.5 Å². The molecule has 0 spiro atoms. The molecule has 4 rings (SSSR count). The first-order valence-electron chi connectivity index (χ1n) is 13.4. The fourth-order valence-corrected chi connectivity index (χ4v) is 6.76. The van der Waals surface area contributed by atoms with Gasteiger partial charge < -0.3 is 5.11 Å². The van der Waals surface area contributed by atoms with Gasteiger partial charge in [0.2, 0.25) is 0 Å². The van der Waals surface area contributed by atoms with E-state index in [9.17, 15) is 33.5 Å². The smallest absolute Gasteiger partial charge is 0.311 e. The molecular formula is C29H31AsN4O8S. The zero-order chi connectivity index (χ0) is 31.5. The minimum atomic E-state index is -4.11. The first-order chi connectivity index (χ1) is 20.3.